The molecule has 0 saturated heterocycles. The van der Waals surface area contributed by atoms with E-state index < -0.39 is 6.10 Å². The van der Waals surface area contributed by atoms with Gasteiger partial charge in [-0.2, -0.15) is 0 Å². The van der Waals surface area contributed by atoms with Crippen molar-refractivity contribution in [2.75, 3.05) is 25.1 Å². The molecule has 0 aliphatic carbocycles. The Morgan fingerprint density at radius 2 is 2.00 bits per heavy atom. The molecule has 0 saturated carbocycles. The molecular formula is C22H22N2O4. The normalized spacial score (nSPS) is 15.5. The van der Waals surface area contributed by atoms with Crippen LogP contribution in [-0.2, 0) is 9.59 Å². The number of likely N-dealkylation sites (N-methyl/N-ethyl adjacent to an activating group) is 1. The monoisotopic (exact) mass is 378 g/mol. The number of rotatable bonds is 6. The Bertz CT molecular complexity index is 890. The van der Waals surface area contributed by atoms with Crippen molar-refractivity contribution >= 4 is 23.6 Å². The van der Waals surface area contributed by atoms with Crippen molar-refractivity contribution < 1.29 is 19.1 Å². The summed E-state index contributed by atoms with van der Waals surface area (Å²) in [6, 6.07) is 14.6. The Morgan fingerprint density at radius 3 is 2.71 bits per heavy atom. The zero-order valence-electron chi connectivity index (χ0n) is 15.6. The summed E-state index contributed by atoms with van der Waals surface area (Å²) in [7, 11) is 1.54. The van der Waals surface area contributed by atoms with Crippen LogP contribution in [0.1, 0.15) is 5.56 Å². The van der Waals surface area contributed by atoms with Gasteiger partial charge < -0.3 is 19.7 Å². The summed E-state index contributed by atoms with van der Waals surface area (Å²) >= 11 is 0. The minimum Gasteiger partial charge on any atom is -0.490 e. The van der Waals surface area contributed by atoms with Crippen molar-refractivity contribution in [3.63, 3.8) is 0 Å². The topological polar surface area (TPSA) is 67.9 Å². The standard InChI is InChI=1S/C22H22N2O4/c1-3-14-27-17-11-8-16(9-12-17)10-13-21(25)24-15-20(22(26)23-2)28-19-7-5-4-6-18(19)24/h3-13,20H,1,14-15H2,2H3,(H,23,26)/b13-10+/t20-/m1/s1. The summed E-state index contributed by atoms with van der Waals surface area (Å²) in [4.78, 5) is 26.4. The highest BCUT2D eigenvalue weighted by Crippen LogP contribution is 2.33. The van der Waals surface area contributed by atoms with E-state index >= 15 is 0 Å². The number of para-hydroxylation sites is 2. The second-order valence-corrected chi connectivity index (χ2v) is 6.14. The maximum absolute atomic E-state index is 12.8. The van der Waals surface area contributed by atoms with Crippen molar-refractivity contribution in [1.82, 2.24) is 5.32 Å². The molecule has 1 atom stereocenters. The van der Waals surface area contributed by atoms with Gasteiger partial charge in [-0.3, -0.25) is 9.59 Å². The number of fused-ring (bicyclic) bond motifs is 1. The summed E-state index contributed by atoms with van der Waals surface area (Å²) in [5.41, 5.74) is 1.51. The van der Waals surface area contributed by atoms with E-state index in [4.69, 9.17) is 9.47 Å². The molecule has 1 aliphatic rings. The van der Waals surface area contributed by atoms with Gasteiger partial charge in [-0.25, -0.2) is 0 Å². The minimum atomic E-state index is -0.751. The highest BCUT2D eigenvalue weighted by molar-refractivity contribution is 6.05. The van der Waals surface area contributed by atoms with Gasteiger partial charge in [0.15, 0.2) is 6.10 Å². The van der Waals surface area contributed by atoms with Crippen LogP contribution in [0.15, 0.2) is 67.3 Å². The van der Waals surface area contributed by atoms with Crippen molar-refractivity contribution in [1.29, 1.82) is 0 Å². The quantitative estimate of drug-likeness (QED) is 0.620. The average Bonchev–Trinajstić information content (AvgIpc) is 2.75. The lowest BCUT2D eigenvalue weighted by Gasteiger charge is -2.33. The van der Waals surface area contributed by atoms with Gasteiger partial charge in [0.05, 0.1) is 12.2 Å². The third kappa shape index (κ3) is 4.40. The Balaban J connectivity index is 1.76. The highest BCUT2D eigenvalue weighted by atomic mass is 16.5. The van der Waals surface area contributed by atoms with Crippen LogP contribution >= 0.6 is 0 Å². The summed E-state index contributed by atoms with van der Waals surface area (Å²) in [5, 5.41) is 2.56. The molecule has 1 heterocycles. The number of hydrogen-bond acceptors (Lipinski definition) is 4. The van der Waals surface area contributed by atoms with E-state index in [2.05, 4.69) is 11.9 Å². The third-order valence-electron chi connectivity index (χ3n) is 4.24. The number of ether oxygens (including phenoxy) is 2. The van der Waals surface area contributed by atoms with Gasteiger partial charge in [0.2, 0.25) is 0 Å². The number of benzene rings is 2. The smallest absolute Gasteiger partial charge is 0.262 e. The van der Waals surface area contributed by atoms with E-state index in [0.29, 0.717) is 18.0 Å². The number of amides is 2. The van der Waals surface area contributed by atoms with Gasteiger partial charge >= 0.3 is 0 Å². The van der Waals surface area contributed by atoms with Gasteiger partial charge in [-0.15, -0.1) is 0 Å². The third-order valence-corrected chi connectivity index (χ3v) is 4.24. The lowest BCUT2D eigenvalue weighted by molar-refractivity contribution is -0.127. The molecule has 0 fully saturated rings. The molecule has 6 heteroatoms. The largest absolute Gasteiger partial charge is 0.490 e. The van der Waals surface area contributed by atoms with E-state index in [9.17, 15) is 9.59 Å². The number of nitrogens with one attached hydrogen (secondary N) is 1. The lowest BCUT2D eigenvalue weighted by atomic mass is 10.1. The van der Waals surface area contributed by atoms with Gasteiger partial charge in [-0.05, 0) is 35.9 Å². The number of carbonyl (C=O) groups excluding carboxylic acids is 2. The van der Waals surface area contributed by atoms with Crippen LogP contribution in [0.2, 0.25) is 0 Å². The van der Waals surface area contributed by atoms with E-state index in [-0.39, 0.29) is 18.4 Å². The van der Waals surface area contributed by atoms with E-state index in [1.807, 2.05) is 30.3 Å². The molecule has 0 spiro atoms. The zero-order valence-corrected chi connectivity index (χ0v) is 15.6. The summed E-state index contributed by atoms with van der Waals surface area (Å²) in [5.74, 6) is 0.745. The molecule has 2 aromatic carbocycles. The number of anilines is 1. The predicted molar refractivity (Wildman–Crippen MR) is 108 cm³/mol. The summed E-state index contributed by atoms with van der Waals surface area (Å²) < 4.78 is 11.2. The van der Waals surface area contributed by atoms with Crippen molar-refractivity contribution in [3.05, 3.63) is 72.8 Å². The van der Waals surface area contributed by atoms with Gasteiger partial charge in [0, 0.05) is 13.1 Å². The van der Waals surface area contributed by atoms with Crippen LogP contribution in [0.4, 0.5) is 5.69 Å². The lowest BCUT2D eigenvalue weighted by Crippen LogP contribution is -2.49. The fourth-order valence-electron chi connectivity index (χ4n) is 2.83. The fraction of sp³-hybridized carbons (Fsp3) is 0.182. The van der Waals surface area contributed by atoms with Crippen LogP contribution in [0, 0.1) is 0 Å². The predicted octanol–water partition coefficient (Wildman–Crippen LogP) is 2.80. The second kappa shape index (κ2) is 8.90. The molecule has 28 heavy (non-hydrogen) atoms. The first-order chi connectivity index (χ1) is 13.6. The van der Waals surface area contributed by atoms with Crippen molar-refractivity contribution in [3.8, 4) is 11.5 Å². The molecule has 2 aromatic rings. The minimum absolute atomic E-state index is 0.147. The van der Waals surface area contributed by atoms with Crippen LogP contribution in [-0.4, -0.2) is 38.1 Å². The molecule has 1 N–H and O–H groups in total. The van der Waals surface area contributed by atoms with Crippen LogP contribution < -0.4 is 19.7 Å². The summed E-state index contributed by atoms with van der Waals surface area (Å²) in [6.07, 6.45) is 4.15. The molecule has 0 aromatic heterocycles. The number of hydrogen-bond donors (Lipinski definition) is 1. The Kier molecular flexibility index (Phi) is 6.11. The van der Waals surface area contributed by atoms with E-state index in [1.165, 1.54) is 6.08 Å². The Hall–Kier alpha value is -3.54. The Labute approximate surface area is 164 Å². The van der Waals surface area contributed by atoms with Crippen LogP contribution in [0.5, 0.6) is 11.5 Å². The van der Waals surface area contributed by atoms with Crippen molar-refractivity contribution in [2.24, 2.45) is 0 Å². The first kappa shape index (κ1) is 19.2. The first-order valence-corrected chi connectivity index (χ1v) is 8.93. The fourth-order valence-corrected chi connectivity index (χ4v) is 2.83. The van der Waals surface area contributed by atoms with Gasteiger partial charge in [0.1, 0.15) is 18.1 Å². The molecule has 1 aliphatic heterocycles. The van der Waals surface area contributed by atoms with E-state index in [0.717, 1.165) is 11.3 Å². The number of nitrogens with zero attached hydrogens (tertiary/aromatic N) is 1. The molecule has 0 radical (unpaired) electrons. The molecule has 3 rings (SSSR count). The number of carbonyl (C=O) groups is 2. The molecule has 144 valence electrons. The van der Waals surface area contributed by atoms with Crippen LogP contribution in [0.3, 0.4) is 0 Å². The van der Waals surface area contributed by atoms with Crippen LogP contribution in [0.25, 0.3) is 6.08 Å². The maximum atomic E-state index is 12.8. The highest BCUT2D eigenvalue weighted by Gasteiger charge is 2.32. The maximum Gasteiger partial charge on any atom is 0.262 e. The molecule has 6 nitrogen and oxygen atoms in total. The van der Waals surface area contributed by atoms with E-state index in [1.54, 1.807) is 42.3 Å². The van der Waals surface area contributed by atoms with Crippen molar-refractivity contribution in [2.45, 2.75) is 6.10 Å². The molecular weight excluding hydrogens is 356 g/mol. The summed E-state index contributed by atoms with van der Waals surface area (Å²) in [6.45, 7) is 4.20. The molecule has 0 bridgehead atoms. The zero-order chi connectivity index (χ0) is 19.9. The van der Waals surface area contributed by atoms with Gasteiger partial charge in [-0.1, -0.05) is 36.9 Å². The molecule has 2 amide bonds. The first-order valence-electron chi connectivity index (χ1n) is 8.93. The molecule has 0 unspecified atom stereocenters. The Morgan fingerprint density at radius 1 is 1.25 bits per heavy atom. The average molecular weight is 378 g/mol. The van der Waals surface area contributed by atoms with Gasteiger partial charge in [0.25, 0.3) is 11.8 Å². The second-order valence-electron chi connectivity index (χ2n) is 6.14. The SMILES string of the molecule is C=CCOc1ccc(/C=C/C(=O)N2C[C@H](C(=O)NC)Oc3ccccc32)cc1.